The van der Waals surface area contributed by atoms with Crippen LogP contribution in [0.5, 0.6) is 17.5 Å². The monoisotopic (exact) mass is 1160 g/mol. The van der Waals surface area contributed by atoms with Crippen molar-refractivity contribution >= 4 is 68.5 Å². The van der Waals surface area contributed by atoms with Crippen LogP contribution in [0.2, 0.25) is 5.02 Å². The highest BCUT2D eigenvalue weighted by Crippen LogP contribution is 2.55. The van der Waals surface area contributed by atoms with Gasteiger partial charge in [-0.2, -0.15) is 15.1 Å². The number of hydrazine groups is 1. The lowest BCUT2D eigenvalue weighted by atomic mass is 9.93. The number of aromatic nitrogens is 5. The number of anilines is 1. The lowest BCUT2D eigenvalue weighted by Crippen LogP contribution is -2.53. The Hall–Kier alpha value is -6.98. The third-order valence-corrected chi connectivity index (χ3v) is 17.3. The first-order valence-electron chi connectivity index (χ1n) is 28.0. The van der Waals surface area contributed by atoms with Gasteiger partial charge >= 0.3 is 6.01 Å². The number of likely N-dealkylation sites (tertiary alicyclic amines) is 1. The molecule has 4 aromatic carbocycles. The molecular formula is C60H72ClFN12O7S. The zero-order valence-corrected chi connectivity index (χ0v) is 48.6. The molecule has 434 valence electrons. The number of nitrogens with two attached hydrogens (primary N) is 3. The molecule has 5 aliphatic rings. The smallest absolute Gasteiger partial charge is 0.319 e. The maximum Gasteiger partial charge on any atom is 0.319 e. The van der Waals surface area contributed by atoms with E-state index in [1.807, 2.05) is 50.5 Å². The van der Waals surface area contributed by atoms with E-state index in [1.54, 1.807) is 42.5 Å². The number of nitrogens with zero attached hydrogens (tertiary/aromatic N) is 7. The second kappa shape index (κ2) is 25.3. The number of H-pyrrole nitrogens is 1. The molecule has 82 heavy (non-hydrogen) atoms. The number of halogens is 2. The van der Waals surface area contributed by atoms with E-state index < -0.39 is 17.9 Å². The van der Waals surface area contributed by atoms with Gasteiger partial charge < -0.3 is 60.4 Å². The van der Waals surface area contributed by atoms with E-state index in [1.165, 1.54) is 34.1 Å². The number of hydrogen-bond acceptors (Lipinski definition) is 18. The number of nitrogens with one attached hydrogen (secondary N) is 2. The number of hydrogen-bond donors (Lipinski definition) is 6. The molecule has 6 atom stereocenters. The summed E-state index contributed by atoms with van der Waals surface area (Å²) in [6.07, 6.45) is 8.04. The summed E-state index contributed by atoms with van der Waals surface area (Å²) in [7, 11) is 1.50. The number of ether oxygens (including phenoxy) is 4. The fourth-order valence-corrected chi connectivity index (χ4v) is 13.1. The van der Waals surface area contributed by atoms with Crippen molar-refractivity contribution in [1.82, 2.24) is 40.4 Å². The standard InChI is InChI=1S/C46H52ClFN10O6.C13H15NOS.CH5N/c1-23(2)41(45(60)56-12-4-5-27(56)20-59)57(50)19-32(49)26-8-6-25(7-9-26)21-62-43-37(36-24(3)31(48)16-33-30(36)18-52-55-33)39(47)42-38-40(43)53-46(64-29-10-13-61-14-11-29)54-44(38)58-28-15-34(51-17-28)35(58)22-63-42;1-9(15)7-11-3-5-12(6-4-11)13-10(2)14-8-16-13;1-2/h6-9,16,18-20,23,27-29,34-35,41,51H,4-5,10-15,17,21-22,49-50H2,1-3H3,(H,52,55);3-6,8-9,15H,7H2,1-2H3;2H2,1H3/b32-19-;;. The fraction of sp³-hybridized carbons (Fsp3) is 0.433. The average Bonchev–Trinajstić information content (AvgIpc) is 1.67. The predicted octanol–water partition coefficient (Wildman–Crippen LogP) is 7.99. The number of amides is 1. The minimum Gasteiger partial charge on any atom is -0.489 e. The van der Waals surface area contributed by atoms with Crippen LogP contribution >= 0.6 is 22.9 Å². The van der Waals surface area contributed by atoms with Crippen molar-refractivity contribution < 1.29 is 38.0 Å². The van der Waals surface area contributed by atoms with E-state index >= 15 is 4.39 Å². The first-order valence-corrected chi connectivity index (χ1v) is 29.2. The summed E-state index contributed by atoms with van der Waals surface area (Å²) in [6, 6.07) is 16.6. The highest BCUT2D eigenvalue weighted by Gasteiger charge is 2.50. The third kappa shape index (κ3) is 11.7. The first kappa shape index (κ1) is 58.2. The molecule has 0 radical (unpaired) electrons. The van der Waals surface area contributed by atoms with Gasteiger partial charge in [0, 0.05) is 60.7 Å². The highest BCUT2D eigenvalue weighted by molar-refractivity contribution is 7.13. The van der Waals surface area contributed by atoms with Gasteiger partial charge in [-0.3, -0.25) is 9.89 Å². The van der Waals surface area contributed by atoms with E-state index in [0.29, 0.717) is 119 Å². The summed E-state index contributed by atoms with van der Waals surface area (Å²) in [5.74, 6) is 7.08. The SMILES string of the molecule is CN.Cc1c(F)cc2[nH]ncc2c1-c1c(Cl)c2c3c(nc(OC4CCOCC4)nc3c1OCc1ccc(/C(N)=C/N(N)C(C(=O)N3CCCC3C=O)C(C)C)cc1)N1C3CNC(C3)C1CO2.Cc1ncsc1-c1ccc(CC(C)O)cc1. The van der Waals surface area contributed by atoms with Crippen LogP contribution in [0, 0.1) is 25.6 Å². The van der Waals surface area contributed by atoms with Gasteiger partial charge in [0.05, 0.1) is 75.3 Å². The zero-order chi connectivity index (χ0) is 57.9. The van der Waals surface area contributed by atoms with Gasteiger partial charge in [-0.15, -0.1) is 11.3 Å². The van der Waals surface area contributed by atoms with E-state index in [-0.39, 0.29) is 59.8 Å². The molecule has 0 spiro atoms. The topological polar surface area (TPSA) is 258 Å². The van der Waals surface area contributed by atoms with E-state index in [9.17, 15) is 14.7 Å². The van der Waals surface area contributed by atoms with Crippen molar-refractivity contribution in [2.45, 2.75) is 122 Å². The number of carbonyl (C=O) groups excluding carboxylic acids is 2. The quantitative estimate of drug-likeness (QED) is 0.0323. The Morgan fingerprint density at radius 3 is 2.49 bits per heavy atom. The molecule has 3 aromatic heterocycles. The maximum absolute atomic E-state index is 15.9. The Balaban J connectivity index is 0.000000358. The minimum atomic E-state index is -0.718. The zero-order valence-electron chi connectivity index (χ0n) is 47.0. The molecule has 2 bridgehead atoms. The number of piperazine rings is 1. The molecule has 9 N–H and O–H groups in total. The van der Waals surface area contributed by atoms with Crippen molar-refractivity contribution in [2.75, 3.05) is 44.9 Å². The Morgan fingerprint density at radius 2 is 1.79 bits per heavy atom. The molecule has 0 aliphatic carbocycles. The molecule has 7 aromatic rings. The molecule has 1 amide bonds. The number of fused-ring (bicyclic) bond motifs is 7. The van der Waals surface area contributed by atoms with E-state index in [4.69, 9.17) is 52.1 Å². The van der Waals surface area contributed by atoms with Crippen LogP contribution in [-0.2, 0) is 27.4 Å². The molecule has 22 heteroatoms. The van der Waals surface area contributed by atoms with Crippen molar-refractivity contribution in [2.24, 2.45) is 23.2 Å². The van der Waals surface area contributed by atoms with Gasteiger partial charge in [0.25, 0.3) is 0 Å². The lowest BCUT2D eigenvalue weighted by Gasteiger charge is -2.35. The molecular weight excluding hydrogens is 1090 g/mol. The van der Waals surface area contributed by atoms with Crippen LogP contribution in [0.4, 0.5) is 10.2 Å². The number of carbonyl (C=O) groups is 2. The van der Waals surface area contributed by atoms with Crippen molar-refractivity contribution in [3.8, 4) is 39.1 Å². The number of aromatic amines is 1. The summed E-state index contributed by atoms with van der Waals surface area (Å²) < 4.78 is 41.7. The second-order valence-electron chi connectivity index (χ2n) is 21.8. The first-order chi connectivity index (χ1) is 39.7. The molecule has 8 heterocycles. The molecule has 4 fully saturated rings. The maximum atomic E-state index is 15.9. The van der Waals surface area contributed by atoms with Crippen molar-refractivity contribution in [3.63, 3.8) is 0 Å². The molecule has 12 rings (SSSR count). The Labute approximate surface area is 485 Å². The van der Waals surface area contributed by atoms with Crippen LogP contribution in [0.1, 0.15) is 80.8 Å². The van der Waals surface area contributed by atoms with Gasteiger partial charge in [0.2, 0.25) is 5.91 Å². The molecule has 0 saturated carbocycles. The van der Waals surface area contributed by atoms with Gasteiger partial charge in [0.15, 0.2) is 11.5 Å². The van der Waals surface area contributed by atoms with Gasteiger partial charge in [-0.05, 0) is 93.3 Å². The van der Waals surface area contributed by atoms with Gasteiger partial charge in [-0.1, -0.05) is 74.0 Å². The Morgan fingerprint density at radius 1 is 1.05 bits per heavy atom. The van der Waals surface area contributed by atoms with Crippen molar-refractivity contribution in [3.05, 3.63) is 111 Å². The second-order valence-corrected chi connectivity index (χ2v) is 23.0. The lowest BCUT2D eigenvalue weighted by molar-refractivity contribution is -0.140. The Bertz CT molecular complexity index is 3450. The number of thiazole rings is 1. The highest BCUT2D eigenvalue weighted by atomic mass is 35.5. The number of aliphatic hydroxyl groups is 1. The molecule has 5 aliphatic heterocycles. The minimum absolute atomic E-state index is 0.0245. The molecule has 6 unspecified atom stereocenters. The van der Waals surface area contributed by atoms with Crippen LogP contribution in [0.3, 0.4) is 0 Å². The van der Waals surface area contributed by atoms with E-state index in [2.05, 4.69) is 55.4 Å². The molecule has 19 nitrogen and oxygen atoms in total. The number of aldehydes is 1. The fourth-order valence-electron chi connectivity index (χ4n) is 11.9. The summed E-state index contributed by atoms with van der Waals surface area (Å²) >= 11 is 9.23. The number of rotatable bonds is 15. The van der Waals surface area contributed by atoms with Gasteiger partial charge in [0.1, 0.15) is 48.8 Å². The summed E-state index contributed by atoms with van der Waals surface area (Å²) in [5, 5.41) is 22.9. The van der Waals surface area contributed by atoms with Crippen LogP contribution < -0.4 is 41.7 Å². The van der Waals surface area contributed by atoms with Gasteiger partial charge in [-0.25, -0.2) is 15.2 Å². The van der Waals surface area contributed by atoms with Crippen LogP contribution in [-0.4, -0.2) is 135 Å². The molecule has 4 saturated heterocycles. The normalized spacial score (nSPS) is 20.1. The third-order valence-electron chi connectivity index (χ3n) is 16.0. The van der Waals surface area contributed by atoms with Crippen LogP contribution in [0.15, 0.2) is 72.5 Å². The number of benzene rings is 4. The summed E-state index contributed by atoms with van der Waals surface area (Å²) in [6.45, 7) is 12.2. The number of aryl methyl sites for hydroxylation is 1. The summed E-state index contributed by atoms with van der Waals surface area (Å²) in [4.78, 5) is 44.9. The Kier molecular flexibility index (Phi) is 17.9. The van der Waals surface area contributed by atoms with Crippen LogP contribution in [0.25, 0.3) is 49.1 Å². The van der Waals surface area contributed by atoms with Crippen molar-refractivity contribution in [1.29, 1.82) is 0 Å². The van der Waals surface area contributed by atoms with E-state index in [0.717, 1.165) is 36.9 Å². The summed E-state index contributed by atoms with van der Waals surface area (Å²) in [5.41, 5.74) is 20.4. The predicted molar refractivity (Wildman–Crippen MR) is 317 cm³/mol. The number of aliphatic hydroxyl groups excluding tert-OH is 1. The average molecular weight is 1160 g/mol. The largest absolute Gasteiger partial charge is 0.489 e.